The van der Waals surface area contributed by atoms with Crippen LogP contribution >= 0.6 is 0 Å². The van der Waals surface area contributed by atoms with E-state index in [4.69, 9.17) is 10.1 Å². The number of benzene rings is 1. The first-order valence-electron chi connectivity index (χ1n) is 8.97. The van der Waals surface area contributed by atoms with Crippen molar-refractivity contribution in [2.24, 2.45) is 0 Å². The van der Waals surface area contributed by atoms with E-state index in [0.717, 1.165) is 11.5 Å². The maximum atomic E-state index is 4.78. The number of pyridine rings is 1. The molecule has 0 atom stereocenters. The summed E-state index contributed by atoms with van der Waals surface area (Å²) in [5, 5.41) is 4.78. The highest BCUT2D eigenvalue weighted by Crippen LogP contribution is 2.27. The molecule has 0 spiro atoms. The van der Waals surface area contributed by atoms with Crippen LogP contribution in [0.3, 0.4) is 0 Å². The molecule has 4 rings (SSSR count). The number of rotatable bonds is 4. The van der Waals surface area contributed by atoms with Crippen molar-refractivity contribution in [2.75, 3.05) is 19.6 Å². The van der Waals surface area contributed by atoms with E-state index >= 15 is 0 Å². The fourth-order valence-electron chi connectivity index (χ4n) is 3.61. The van der Waals surface area contributed by atoms with Crippen LogP contribution in [-0.4, -0.2) is 39.1 Å². The molecule has 4 nitrogen and oxygen atoms in total. The van der Waals surface area contributed by atoms with E-state index in [2.05, 4.69) is 54.4 Å². The van der Waals surface area contributed by atoms with Crippen LogP contribution in [0.2, 0.25) is 0 Å². The lowest BCUT2D eigenvalue weighted by Crippen LogP contribution is -2.33. The van der Waals surface area contributed by atoms with Crippen molar-refractivity contribution in [1.29, 1.82) is 0 Å². The SMILES string of the molecule is CCCN1CCC(c2nc3ccc(-c4ccccc4)cn3n2)CC1. The van der Waals surface area contributed by atoms with Gasteiger partial charge in [-0.1, -0.05) is 37.3 Å². The summed E-state index contributed by atoms with van der Waals surface area (Å²) < 4.78 is 1.94. The van der Waals surface area contributed by atoms with Crippen molar-refractivity contribution in [3.8, 4) is 11.1 Å². The minimum absolute atomic E-state index is 0.498. The van der Waals surface area contributed by atoms with Crippen LogP contribution in [0.4, 0.5) is 0 Å². The summed E-state index contributed by atoms with van der Waals surface area (Å²) in [6, 6.07) is 14.6. The third-order valence-electron chi connectivity index (χ3n) is 4.95. The zero-order chi connectivity index (χ0) is 16.4. The summed E-state index contributed by atoms with van der Waals surface area (Å²) in [4.78, 5) is 7.33. The number of likely N-dealkylation sites (tertiary alicyclic amines) is 1. The van der Waals surface area contributed by atoms with Crippen LogP contribution < -0.4 is 0 Å². The van der Waals surface area contributed by atoms with Gasteiger partial charge in [-0.3, -0.25) is 0 Å². The number of piperidine rings is 1. The minimum atomic E-state index is 0.498. The van der Waals surface area contributed by atoms with Crippen LogP contribution in [0, 0.1) is 0 Å². The van der Waals surface area contributed by atoms with Crippen LogP contribution in [0.1, 0.15) is 37.9 Å². The summed E-state index contributed by atoms with van der Waals surface area (Å²) in [7, 11) is 0. The van der Waals surface area contributed by atoms with Gasteiger partial charge in [-0.05, 0) is 56.6 Å². The molecule has 0 aliphatic carbocycles. The second-order valence-corrected chi connectivity index (χ2v) is 6.67. The van der Waals surface area contributed by atoms with E-state index in [1.165, 1.54) is 50.0 Å². The number of hydrogen-bond acceptors (Lipinski definition) is 3. The van der Waals surface area contributed by atoms with Gasteiger partial charge in [-0.2, -0.15) is 5.10 Å². The lowest BCUT2D eigenvalue weighted by Gasteiger charge is -2.30. The predicted octanol–water partition coefficient (Wildman–Crippen LogP) is 3.99. The Balaban J connectivity index is 1.56. The molecule has 0 radical (unpaired) electrons. The zero-order valence-electron chi connectivity index (χ0n) is 14.2. The van der Waals surface area contributed by atoms with E-state index in [9.17, 15) is 0 Å². The van der Waals surface area contributed by atoms with Crippen molar-refractivity contribution in [1.82, 2.24) is 19.5 Å². The number of nitrogens with zero attached hydrogens (tertiary/aromatic N) is 4. The Morgan fingerprint density at radius 3 is 2.54 bits per heavy atom. The summed E-state index contributed by atoms with van der Waals surface area (Å²) >= 11 is 0. The Morgan fingerprint density at radius 2 is 1.79 bits per heavy atom. The van der Waals surface area contributed by atoms with Gasteiger partial charge in [-0.25, -0.2) is 9.50 Å². The molecule has 0 amide bonds. The second kappa shape index (κ2) is 6.73. The third-order valence-corrected chi connectivity index (χ3v) is 4.95. The lowest BCUT2D eigenvalue weighted by atomic mass is 9.96. The number of aromatic nitrogens is 3. The predicted molar refractivity (Wildman–Crippen MR) is 97.1 cm³/mol. The standard InChI is InChI=1S/C20H24N4/c1-2-12-23-13-10-17(11-14-23)20-21-19-9-8-18(15-24(19)22-20)16-6-4-3-5-7-16/h3-9,15,17H,2,10-14H2,1H3. The molecule has 1 aliphatic rings. The Kier molecular flexibility index (Phi) is 4.30. The first-order valence-corrected chi connectivity index (χ1v) is 8.97. The molecular weight excluding hydrogens is 296 g/mol. The van der Waals surface area contributed by atoms with Crippen LogP contribution in [0.25, 0.3) is 16.8 Å². The highest BCUT2D eigenvalue weighted by Gasteiger charge is 2.23. The summed E-state index contributed by atoms with van der Waals surface area (Å²) in [6.07, 6.45) is 5.66. The van der Waals surface area contributed by atoms with Gasteiger partial charge < -0.3 is 4.90 Å². The average Bonchev–Trinajstić information content (AvgIpc) is 3.06. The summed E-state index contributed by atoms with van der Waals surface area (Å²) in [5.41, 5.74) is 3.34. The number of hydrogen-bond donors (Lipinski definition) is 0. The van der Waals surface area contributed by atoms with Gasteiger partial charge in [0.25, 0.3) is 0 Å². The van der Waals surface area contributed by atoms with Gasteiger partial charge in [0.1, 0.15) is 0 Å². The summed E-state index contributed by atoms with van der Waals surface area (Å²) in [6.45, 7) is 5.80. The zero-order valence-corrected chi connectivity index (χ0v) is 14.2. The third kappa shape index (κ3) is 3.06. The molecular formula is C20H24N4. The topological polar surface area (TPSA) is 33.4 Å². The molecule has 0 saturated carbocycles. The van der Waals surface area contributed by atoms with Crippen LogP contribution in [-0.2, 0) is 0 Å². The van der Waals surface area contributed by atoms with E-state index < -0.39 is 0 Å². The quantitative estimate of drug-likeness (QED) is 0.729. The largest absolute Gasteiger partial charge is 0.303 e. The highest BCUT2D eigenvalue weighted by molar-refractivity contribution is 5.64. The smallest absolute Gasteiger partial charge is 0.155 e. The van der Waals surface area contributed by atoms with Gasteiger partial charge >= 0.3 is 0 Å². The first-order chi connectivity index (χ1) is 11.8. The number of fused-ring (bicyclic) bond motifs is 1. The molecule has 1 fully saturated rings. The lowest BCUT2D eigenvalue weighted by molar-refractivity contribution is 0.210. The van der Waals surface area contributed by atoms with Crippen molar-refractivity contribution >= 4 is 5.65 Å². The molecule has 3 heterocycles. The maximum Gasteiger partial charge on any atom is 0.155 e. The molecule has 1 aliphatic heterocycles. The van der Waals surface area contributed by atoms with Crippen LogP contribution in [0.5, 0.6) is 0 Å². The van der Waals surface area contributed by atoms with Gasteiger partial charge in [0.15, 0.2) is 11.5 Å². The fourth-order valence-corrected chi connectivity index (χ4v) is 3.61. The molecule has 2 aromatic heterocycles. The van der Waals surface area contributed by atoms with Gasteiger partial charge in [0.05, 0.1) is 0 Å². The second-order valence-electron chi connectivity index (χ2n) is 6.67. The van der Waals surface area contributed by atoms with Gasteiger partial charge in [-0.15, -0.1) is 0 Å². The molecule has 1 aromatic carbocycles. The molecule has 3 aromatic rings. The van der Waals surface area contributed by atoms with Gasteiger partial charge in [0.2, 0.25) is 0 Å². The van der Waals surface area contributed by atoms with Gasteiger partial charge in [0, 0.05) is 17.7 Å². The minimum Gasteiger partial charge on any atom is -0.303 e. The first kappa shape index (κ1) is 15.3. The van der Waals surface area contributed by atoms with E-state index in [1.807, 2.05) is 10.6 Å². The Morgan fingerprint density at radius 1 is 1.00 bits per heavy atom. The monoisotopic (exact) mass is 320 g/mol. The molecule has 4 heteroatoms. The molecule has 124 valence electrons. The Hall–Kier alpha value is -2.20. The maximum absolute atomic E-state index is 4.78. The van der Waals surface area contributed by atoms with Crippen molar-refractivity contribution < 1.29 is 0 Å². The molecule has 0 unspecified atom stereocenters. The van der Waals surface area contributed by atoms with E-state index in [-0.39, 0.29) is 0 Å². The van der Waals surface area contributed by atoms with Crippen LogP contribution in [0.15, 0.2) is 48.7 Å². The Bertz CT molecular complexity index is 801. The Labute approximate surface area is 143 Å². The molecule has 0 bridgehead atoms. The van der Waals surface area contributed by atoms with Crippen molar-refractivity contribution in [3.63, 3.8) is 0 Å². The van der Waals surface area contributed by atoms with Crippen molar-refractivity contribution in [3.05, 3.63) is 54.5 Å². The van der Waals surface area contributed by atoms with E-state index in [1.54, 1.807) is 0 Å². The highest BCUT2D eigenvalue weighted by atomic mass is 15.3. The fraction of sp³-hybridized carbons (Fsp3) is 0.400. The molecule has 1 saturated heterocycles. The van der Waals surface area contributed by atoms with E-state index in [0.29, 0.717) is 5.92 Å². The molecule has 24 heavy (non-hydrogen) atoms. The summed E-state index contributed by atoms with van der Waals surface area (Å²) in [5.74, 6) is 1.51. The average molecular weight is 320 g/mol. The molecule has 0 N–H and O–H groups in total. The van der Waals surface area contributed by atoms with Crippen molar-refractivity contribution in [2.45, 2.75) is 32.1 Å². The normalized spacial score (nSPS) is 16.7.